The molecule has 0 bridgehead atoms. The van der Waals surface area contributed by atoms with Crippen LogP contribution in [0.15, 0.2) is 0 Å². The lowest BCUT2D eigenvalue weighted by atomic mass is 9.63. The lowest BCUT2D eigenvalue weighted by molar-refractivity contribution is -0.227. The van der Waals surface area contributed by atoms with Crippen molar-refractivity contribution in [3.05, 3.63) is 0 Å². The van der Waals surface area contributed by atoms with Crippen LogP contribution >= 0.6 is 0 Å². The van der Waals surface area contributed by atoms with Gasteiger partial charge < -0.3 is 4.74 Å². The van der Waals surface area contributed by atoms with Gasteiger partial charge in [0.2, 0.25) is 0 Å². The Morgan fingerprint density at radius 1 is 1.24 bits per heavy atom. The summed E-state index contributed by atoms with van der Waals surface area (Å²) in [7, 11) is 0. The lowest BCUT2D eigenvalue weighted by Gasteiger charge is -2.58. The smallest absolute Gasteiger partial charge is 0.120 e. The molecular weight excluding hydrogens is 224 g/mol. The SMILES string of the molecule is CC(C)(C)C1CCOC2(CC(CF)(CF)C2)N1. The number of rotatable bonds is 2. The Morgan fingerprint density at radius 2 is 1.82 bits per heavy atom. The molecule has 1 aliphatic carbocycles. The van der Waals surface area contributed by atoms with Crippen molar-refractivity contribution >= 4 is 0 Å². The highest BCUT2D eigenvalue weighted by molar-refractivity contribution is 5.07. The Morgan fingerprint density at radius 3 is 2.29 bits per heavy atom. The molecule has 0 aromatic heterocycles. The minimum Gasteiger partial charge on any atom is -0.361 e. The molecule has 100 valence electrons. The second kappa shape index (κ2) is 4.16. The van der Waals surface area contributed by atoms with Crippen molar-refractivity contribution in [2.75, 3.05) is 20.0 Å². The second-order valence-corrected chi connectivity index (χ2v) is 6.82. The molecule has 1 saturated heterocycles. The summed E-state index contributed by atoms with van der Waals surface area (Å²) in [5.74, 6) is 0. The van der Waals surface area contributed by atoms with Gasteiger partial charge in [0, 0.05) is 24.3 Å². The summed E-state index contributed by atoms with van der Waals surface area (Å²) in [6.07, 6.45) is 1.88. The third-order valence-electron chi connectivity index (χ3n) is 4.16. The average Bonchev–Trinajstić information content (AvgIpc) is 2.24. The zero-order valence-corrected chi connectivity index (χ0v) is 11.0. The monoisotopic (exact) mass is 247 g/mol. The van der Waals surface area contributed by atoms with Gasteiger partial charge in [-0.15, -0.1) is 0 Å². The zero-order valence-electron chi connectivity index (χ0n) is 11.0. The first kappa shape index (κ1) is 13.2. The van der Waals surface area contributed by atoms with Crippen LogP contribution in [-0.4, -0.2) is 31.7 Å². The van der Waals surface area contributed by atoms with E-state index < -0.39 is 24.5 Å². The molecule has 1 unspecified atom stereocenters. The van der Waals surface area contributed by atoms with Gasteiger partial charge in [0.25, 0.3) is 0 Å². The largest absolute Gasteiger partial charge is 0.361 e. The van der Waals surface area contributed by atoms with Gasteiger partial charge in [-0.25, -0.2) is 0 Å². The number of hydrogen-bond acceptors (Lipinski definition) is 2. The standard InChI is InChI=1S/C13H23F2NO/c1-11(2,3)10-4-5-17-13(16-10)6-12(7-13,8-14)9-15/h10,16H,4-9H2,1-3H3. The Bertz CT molecular complexity index is 276. The molecule has 2 rings (SSSR count). The van der Waals surface area contributed by atoms with Gasteiger partial charge >= 0.3 is 0 Å². The number of alkyl halides is 2. The quantitative estimate of drug-likeness (QED) is 0.810. The third-order valence-corrected chi connectivity index (χ3v) is 4.16. The molecule has 0 aromatic rings. The Hall–Kier alpha value is -0.220. The highest BCUT2D eigenvalue weighted by Gasteiger charge is 2.58. The summed E-state index contributed by atoms with van der Waals surface area (Å²) in [5.41, 5.74) is -1.10. The summed E-state index contributed by atoms with van der Waals surface area (Å²) in [6.45, 7) is 6.05. The van der Waals surface area contributed by atoms with Crippen molar-refractivity contribution in [2.24, 2.45) is 10.8 Å². The number of nitrogens with one attached hydrogen (secondary N) is 1. The van der Waals surface area contributed by atoms with Crippen LogP contribution < -0.4 is 5.32 Å². The van der Waals surface area contributed by atoms with Crippen molar-refractivity contribution in [1.29, 1.82) is 0 Å². The van der Waals surface area contributed by atoms with E-state index in [0.717, 1.165) is 6.42 Å². The van der Waals surface area contributed by atoms with Gasteiger partial charge in [0.15, 0.2) is 0 Å². The number of hydrogen-bond donors (Lipinski definition) is 1. The van der Waals surface area contributed by atoms with Crippen LogP contribution in [0.1, 0.15) is 40.0 Å². The van der Waals surface area contributed by atoms with E-state index >= 15 is 0 Å². The molecule has 2 aliphatic rings. The van der Waals surface area contributed by atoms with Gasteiger partial charge in [0.1, 0.15) is 5.72 Å². The van der Waals surface area contributed by atoms with Crippen LogP contribution in [0.3, 0.4) is 0 Å². The fraction of sp³-hybridized carbons (Fsp3) is 1.00. The zero-order chi connectivity index (χ0) is 12.7. The highest BCUT2D eigenvalue weighted by atomic mass is 19.1. The summed E-state index contributed by atoms with van der Waals surface area (Å²) in [6, 6.07) is 0.355. The second-order valence-electron chi connectivity index (χ2n) is 6.82. The van der Waals surface area contributed by atoms with E-state index in [1.165, 1.54) is 0 Å². The van der Waals surface area contributed by atoms with Crippen LogP contribution in [0.5, 0.6) is 0 Å². The van der Waals surface area contributed by atoms with Gasteiger partial charge in [-0.3, -0.25) is 14.1 Å². The summed E-state index contributed by atoms with van der Waals surface area (Å²) in [4.78, 5) is 0. The van der Waals surface area contributed by atoms with Crippen LogP contribution in [0.2, 0.25) is 0 Å². The van der Waals surface area contributed by atoms with Crippen LogP contribution in [0.4, 0.5) is 8.78 Å². The number of halogens is 2. The minimum absolute atomic E-state index is 0.153. The van der Waals surface area contributed by atoms with Crippen molar-refractivity contribution in [2.45, 2.75) is 51.8 Å². The first-order valence-electron chi connectivity index (χ1n) is 6.38. The molecule has 2 nitrogen and oxygen atoms in total. The van der Waals surface area contributed by atoms with E-state index in [2.05, 4.69) is 26.1 Å². The molecule has 1 atom stereocenters. The fourth-order valence-electron chi connectivity index (χ4n) is 3.04. The average molecular weight is 247 g/mol. The Kier molecular flexibility index (Phi) is 3.24. The maximum atomic E-state index is 12.8. The Balaban J connectivity index is 2.00. The van der Waals surface area contributed by atoms with Gasteiger partial charge in [-0.1, -0.05) is 20.8 Å². The molecule has 1 spiro atoms. The Labute approximate surface area is 102 Å². The predicted molar refractivity (Wildman–Crippen MR) is 63.3 cm³/mol. The predicted octanol–water partition coefficient (Wildman–Crippen LogP) is 2.83. The summed E-state index contributed by atoms with van der Waals surface area (Å²) in [5, 5.41) is 3.47. The van der Waals surface area contributed by atoms with Gasteiger partial charge in [-0.05, 0) is 11.8 Å². The molecule has 0 radical (unpaired) electrons. The maximum absolute atomic E-state index is 12.8. The van der Waals surface area contributed by atoms with Crippen molar-refractivity contribution in [3.63, 3.8) is 0 Å². The molecule has 2 fully saturated rings. The summed E-state index contributed by atoms with van der Waals surface area (Å²) < 4.78 is 31.4. The fourth-order valence-corrected chi connectivity index (χ4v) is 3.04. The molecule has 1 aliphatic heterocycles. The summed E-state index contributed by atoms with van der Waals surface area (Å²) >= 11 is 0. The molecule has 0 aromatic carbocycles. The van der Waals surface area contributed by atoms with E-state index in [1.807, 2.05) is 0 Å². The third kappa shape index (κ3) is 2.34. The lowest BCUT2D eigenvalue weighted by Crippen LogP contribution is -2.69. The first-order chi connectivity index (χ1) is 7.85. The van der Waals surface area contributed by atoms with Crippen LogP contribution in [-0.2, 0) is 4.74 Å². The van der Waals surface area contributed by atoms with E-state index in [-0.39, 0.29) is 5.41 Å². The van der Waals surface area contributed by atoms with Crippen LogP contribution in [0.25, 0.3) is 0 Å². The molecule has 1 saturated carbocycles. The van der Waals surface area contributed by atoms with Crippen molar-refractivity contribution < 1.29 is 13.5 Å². The minimum atomic E-state index is -0.785. The van der Waals surface area contributed by atoms with E-state index in [1.54, 1.807) is 0 Å². The number of ether oxygens (including phenoxy) is 1. The van der Waals surface area contributed by atoms with Crippen LogP contribution in [0, 0.1) is 10.8 Å². The van der Waals surface area contributed by atoms with Crippen molar-refractivity contribution in [3.8, 4) is 0 Å². The topological polar surface area (TPSA) is 21.3 Å². The molecule has 1 heterocycles. The van der Waals surface area contributed by atoms with Gasteiger partial charge in [-0.2, -0.15) is 0 Å². The normalized spacial score (nSPS) is 31.2. The molecule has 0 amide bonds. The molecular formula is C13H23F2NO. The molecule has 17 heavy (non-hydrogen) atoms. The molecule has 4 heteroatoms. The maximum Gasteiger partial charge on any atom is 0.120 e. The highest BCUT2D eigenvalue weighted by Crippen LogP contribution is 2.51. The van der Waals surface area contributed by atoms with E-state index in [9.17, 15) is 8.78 Å². The first-order valence-corrected chi connectivity index (χ1v) is 6.38. The molecule has 1 N–H and O–H groups in total. The van der Waals surface area contributed by atoms with Gasteiger partial charge in [0.05, 0.1) is 20.0 Å². The van der Waals surface area contributed by atoms with E-state index in [0.29, 0.717) is 25.5 Å². The van der Waals surface area contributed by atoms with E-state index in [4.69, 9.17) is 4.74 Å². The van der Waals surface area contributed by atoms with Crippen molar-refractivity contribution in [1.82, 2.24) is 5.32 Å².